The molecule has 1 amide bonds. The van der Waals surface area contributed by atoms with Crippen molar-refractivity contribution in [2.75, 3.05) is 5.32 Å². The molecule has 7 heteroatoms. The van der Waals surface area contributed by atoms with E-state index in [2.05, 4.69) is 5.32 Å². The second-order valence-electron chi connectivity index (χ2n) is 4.87. The largest absolute Gasteiger partial charge is 0.324 e. The van der Waals surface area contributed by atoms with Gasteiger partial charge in [-0.15, -0.1) is 0 Å². The zero-order valence-electron chi connectivity index (χ0n) is 12.1. The van der Waals surface area contributed by atoms with Gasteiger partial charge in [0.1, 0.15) is 6.04 Å². The molecule has 0 saturated carbocycles. The summed E-state index contributed by atoms with van der Waals surface area (Å²) in [7, 11) is 0. The van der Waals surface area contributed by atoms with Gasteiger partial charge in [0.25, 0.3) is 11.2 Å². The van der Waals surface area contributed by atoms with Crippen molar-refractivity contribution in [1.29, 1.82) is 0 Å². The smallest absolute Gasteiger partial charge is 0.285 e. The van der Waals surface area contributed by atoms with Crippen LogP contribution in [0.4, 0.5) is 11.4 Å². The fourth-order valence-electron chi connectivity index (χ4n) is 1.98. The van der Waals surface area contributed by atoms with Gasteiger partial charge in [-0.2, -0.15) is 0 Å². The Morgan fingerprint density at radius 1 is 1.27 bits per heavy atom. The van der Waals surface area contributed by atoms with Crippen molar-refractivity contribution in [3.8, 4) is 0 Å². The standard InChI is InChI=1S/C15H15N3O4/c1-10-5-3-4-6-13(10)16-15(20)11(2)17-9-12(18(21)22)7-8-14(17)19/h3-9,11H,1-2H3,(H,16,20). The molecule has 0 aliphatic heterocycles. The maximum Gasteiger partial charge on any atom is 0.285 e. The van der Waals surface area contributed by atoms with Crippen molar-refractivity contribution in [2.45, 2.75) is 19.9 Å². The number of hydrogen-bond donors (Lipinski definition) is 1. The van der Waals surface area contributed by atoms with E-state index in [-0.39, 0.29) is 5.69 Å². The van der Waals surface area contributed by atoms with Gasteiger partial charge in [-0.1, -0.05) is 18.2 Å². The number of amides is 1. The van der Waals surface area contributed by atoms with E-state index in [0.29, 0.717) is 5.69 Å². The normalized spacial score (nSPS) is 11.7. The lowest BCUT2D eigenvalue weighted by Crippen LogP contribution is -2.31. The van der Waals surface area contributed by atoms with Crippen LogP contribution in [0.1, 0.15) is 18.5 Å². The molecule has 1 unspecified atom stereocenters. The van der Waals surface area contributed by atoms with E-state index in [4.69, 9.17) is 0 Å². The molecule has 0 aliphatic carbocycles. The summed E-state index contributed by atoms with van der Waals surface area (Å²) < 4.78 is 1.05. The molecule has 0 aliphatic rings. The summed E-state index contributed by atoms with van der Waals surface area (Å²) in [5.41, 5.74) is 0.806. The van der Waals surface area contributed by atoms with E-state index in [1.807, 2.05) is 19.1 Å². The average Bonchev–Trinajstić information content (AvgIpc) is 2.49. The predicted octanol–water partition coefficient (Wildman–Crippen LogP) is 2.26. The minimum absolute atomic E-state index is 0.241. The molecule has 22 heavy (non-hydrogen) atoms. The van der Waals surface area contributed by atoms with E-state index >= 15 is 0 Å². The van der Waals surface area contributed by atoms with Crippen LogP contribution in [0.2, 0.25) is 0 Å². The molecule has 0 radical (unpaired) electrons. The number of aromatic nitrogens is 1. The van der Waals surface area contributed by atoms with Crippen molar-refractivity contribution in [1.82, 2.24) is 4.57 Å². The third-order valence-corrected chi connectivity index (χ3v) is 3.33. The van der Waals surface area contributed by atoms with Gasteiger partial charge in [0.2, 0.25) is 5.91 Å². The SMILES string of the molecule is Cc1ccccc1NC(=O)C(C)n1cc([N+](=O)[O-])ccc1=O. The Kier molecular flexibility index (Phi) is 4.36. The molecule has 1 aromatic carbocycles. The number of carbonyl (C=O) groups excluding carboxylic acids is 1. The van der Waals surface area contributed by atoms with Crippen molar-refractivity contribution in [2.24, 2.45) is 0 Å². The zero-order chi connectivity index (χ0) is 16.3. The quantitative estimate of drug-likeness (QED) is 0.692. The molecule has 1 atom stereocenters. The first kappa shape index (κ1) is 15.4. The Morgan fingerprint density at radius 3 is 2.59 bits per heavy atom. The van der Waals surface area contributed by atoms with Gasteiger partial charge in [-0.3, -0.25) is 24.3 Å². The number of aryl methyl sites for hydroxylation is 1. The van der Waals surface area contributed by atoms with Crippen LogP contribution in [0.25, 0.3) is 0 Å². The molecule has 114 valence electrons. The van der Waals surface area contributed by atoms with E-state index in [1.54, 1.807) is 12.1 Å². The van der Waals surface area contributed by atoms with Gasteiger partial charge in [0.15, 0.2) is 0 Å². The maximum absolute atomic E-state index is 12.3. The lowest BCUT2D eigenvalue weighted by atomic mass is 10.2. The summed E-state index contributed by atoms with van der Waals surface area (Å²) in [6.45, 7) is 3.36. The number of rotatable bonds is 4. The minimum Gasteiger partial charge on any atom is -0.324 e. The Hall–Kier alpha value is -2.96. The van der Waals surface area contributed by atoms with Gasteiger partial charge in [-0.25, -0.2) is 0 Å². The summed E-state index contributed by atoms with van der Waals surface area (Å²) in [5, 5.41) is 13.5. The van der Waals surface area contributed by atoms with Gasteiger partial charge in [0, 0.05) is 17.8 Å². The fourth-order valence-corrected chi connectivity index (χ4v) is 1.98. The summed E-state index contributed by atoms with van der Waals surface area (Å²) in [5.74, 6) is -0.420. The Morgan fingerprint density at radius 2 is 1.95 bits per heavy atom. The molecule has 0 saturated heterocycles. The first-order chi connectivity index (χ1) is 10.4. The summed E-state index contributed by atoms with van der Waals surface area (Å²) in [6.07, 6.45) is 1.07. The summed E-state index contributed by atoms with van der Waals surface area (Å²) in [6, 6.07) is 8.55. The molecule has 0 fully saturated rings. The fraction of sp³-hybridized carbons (Fsp3) is 0.200. The van der Waals surface area contributed by atoms with E-state index in [0.717, 1.165) is 28.5 Å². The molecule has 1 heterocycles. The summed E-state index contributed by atoms with van der Waals surface area (Å²) >= 11 is 0. The number of nitro groups is 1. The first-order valence-electron chi connectivity index (χ1n) is 6.63. The number of nitrogens with zero attached hydrogens (tertiary/aromatic N) is 2. The zero-order valence-corrected chi connectivity index (χ0v) is 12.1. The third-order valence-electron chi connectivity index (χ3n) is 3.33. The van der Waals surface area contributed by atoms with Crippen LogP contribution in [0.15, 0.2) is 47.4 Å². The monoisotopic (exact) mass is 301 g/mol. The van der Waals surface area contributed by atoms with Gasteiger partial charge >= 0.3 is 0 Å². The van der Waals surface area contributed by atoms with Gasteiger partial charge < -0.3 is 5.32 Å². The predicted molar refractivity (Wildman–Crippen MR) is 81.9 cm³/mol. The average molecular weight is 301 g/mol. The number of pyridine rings is 1. The third kappa shape index (κ3) is 3.20. The number of nitrogens with one attached hydrogen (secondary N) is 1. The number of benzene rings is 1. The van der Waals surface area contributed by atoms with Crippen molar-refractivity contribution in [3.05, 3.63) is 68.6 Å². The van der Waals surface area contributed by atoms with Crippen LogP contribution in [-0.2, 0) is 4.79 Å². The molecule has 1 aromatic heterocycles. The molecule has 0 bridgehead atoms. The van der Waals surface area contributed by atoms with Crippen LogP contribution >= 0.6 is 0 Å². The second-order valence-corrected chi connectivity index (χ2v) is 4.87. The molecule has 1 N–H and O–H groups in total. The van der Waals surface area contributed by atoms with E-state index < -0.39 is 22.4 Å². The lowest BCUT2D eigenvalue weighted by Gasteiger charge is -2.15. The Bertz CT molecular complexity index is 782. The maximum atomic E-state index is 12.3. The minimum atomic E-state index is -0.869. The van der Waals surface area contributed by atoms with Gasteiger partial charge in [0.05, 0.1) is 11.1 Å². The highest BCUT2D eigenvalue weighted by Crippen LogP contribution is 2.16. The van der Waals surface area contributed by atoms with E-state index in [9.17, 15) is 19.7 Å². The number of anilines is 1. The van der Waals surface area contributed by atoms with Crippen molar-refractivity contribution >= 4 is 17.3 Å². The van der Waals surface area contributed by atoms with Crippen molar-refractivity contribution < 1.29 is 9.72 Å². The topological polar surface area (TPSA) is 94.2 Å². The van der Waals surface area contributed by atoms with Crippen LogP contribution in [-0.4, -0.2) is 15.4 Å². The number of para-hydroxylation sites is 1. The summed E-state index contributed by atoms with van der Waals surface area (Å²) in [4.78, 5) is 34.3. The molecule has 2 aromatic rings. The van der Waals surface area contributed by atoms with Crippen LogP contribution < -0.4 is 10.9 Å². The Labute approximate surface area is 126 Å². The first-order valence-corrected chi connectivity index (χ1v) is 6.63. The lowest BCUT2D eigenvalue weighted by molar-refractivity contribution is -0.385. The molecule has 2 rings (SSSR count). The molecule has 7 nitrogen and oxygen atoms in total. The Balaban J connectivity index is 2.28. The molecular formula is C15H15N3O4. The highest BCUT2D eigenvalue weighted by molar-refractivity contribution is 5.94. The van der Waals surface area contributed by atoms with Crippen molar-refractivity contribution in [3.63, 3.8) is 0 Å². The highest BCUT2D eigenvalue weighted by atomic mass is 16.6. The van der Waals surface area contributed by atoms with Crippen LogP contribution in [0.3, 0.4) is 0 Å². The second kappa shape index (κ2) is 6.21. The van der Waals surface area contributed by atoms with E-state index in [1.165, 1.54) is 6.92 Å². The number of hydrogen-bond acceptors (Lipinski definition) is 4. The molecule has 0 spiro atoms. The van der Waals surface area contributed by atoms with Crippen LogP contribution in [0.5, 0.6) is 0 Å². The van der Waals surface area contributed by atoms with Gasteiger partial charge in [-0.05, 0) is 25.5 Å². The number of carbonyl (C=O) groups is 1. The van der Waals surface area contributed by atoms with Crippen LogP contribution in [0, 0.1) is 17.0 Å². The molecular weight excluding hydrogens is 286 g/mol. The highest BCUT2D eigenvalue weighted by Gasteiger charge is 2.19.